The lowest BCUT2D eigenvalue weighted by Crippen LogP contribution is -2.47. The van der Waals surface area contributed by atoms with Crippen LogP contribution < -0.4 is 5.32 Å². The smallest absolute Gasteiger partial charge is 0.253 e. The summed E-state index contributed by atoms with van der Waals surface area (Å²) >= 11 is 0. The first-order valence-corrected chi connectivity index (χ1v) is 11.0. The van der Waals surface area contributed by atoms with Crippen molar-refractivity contribution in [2.24, 2.45) is 0 Å². The molecule has 2 aromatic carbocycles. The van der Waals surface area contributed by atoms with Crippen LogP contribution in [0.3, 0.4) is 0 Å². The third-order valence-electron chi connectivity index (χ3n) is 5.80. The van der Waals surface area contributed by atoms with Crippen LogP contribution in [-0.4, -0.2) is 58.7 Å². The topological polar surface area (TPSA) is 53.4 Å². The van der Waals surface area contributed by atoms with E-state index in [2.05, 4.69) is 49.4 Å². The number of hydrogen-bond donors (Lipinski definition) is 1. The first-order chi connectivity index (χ1) is 15.0. The third-order valence-corrected chi connectivity index (χ3v) is 5.80. The summed E-state index contributed by atoms with van der Waals surface area (Å²) in [5.41, 5.74) is 5.07. The molecule has 0 bridgehead atoms. The monoisotopic (exact) mass is 417 g/mol. The molecule has 1 amide bonds. The number of likely N-dealkylation sites (N-methyl/N-ethyl adjacent to an activating group) is 1. The summed E-state index contributed by atoms with van der Waals surface area (Å²) in [6.45, 7) is 8.46. The molecule has 1 fully saturated rings. The molecule has 2 heterocycles. The van der Waals surface area contributed by atoms with Gasteiger partial charge in [0.15, 0.2) is 0 Å². The summed E-state index contributed by atoms with van der Waals surface area (Å²) in [4.78, 5) is 16.9. The van der Waals surface area contributed by atoms with E-state index in [1.165, 1.54) is 5.56 Å². The van der Waals surface area contributed by atoms with E-state index in [4.69, 9.17) is 5.10 Å². The zero-order chi connectivity index (χ0) is 21.8. The van der Waals surface area contributed by atoms with Crippen molar-refractivity contribution in [3.63, 3.8) is 0 Å². The molecule has 1 aliphatic heterocycles. The van der Waals surface area contributed by atoms with E-state index in [9.17, 15) is 4.79 Å². The van der Waals surface area contributed by atoms with E-state index < -0.39 is 0 Å². The van der Waals surface area contributed by atoms with Gasteiger partial charge in [-0.25, -0.2) is 4.68 Å². The number of para-hydroxylation sites is 1. The van der Waals surface area contributed by atoms with Crippen LogP contribution in [0.25, 0.3) is 5.69 Å². The molecule has 0 unspecified atom stereocenters. The van der Waals surface area contributed by atoms with Crippen molar-refractivity contribution < 1.29 is 4.79 Å². The average molecular weight is 418 g/mol. The van der Waals surface area contributed by atoms with Gasteiger partial charge < -0.3 is 15.1 Å². The molecule has 0 saturated carbocycles. The molecular weight excluding hydrogens is 386 g/mol. The fourth-order valence-corrected chi connectivity index (χ4v) is 3.88. The Bertz CT molecular complexity index is 1000. The Morgan fingerprint density at radius 2 is 1.68 bits per heavy atom. The van der Waals surface area contributed by atoms with E-state index in [-0.39, 0.29) is 5.91 Å². The second-order valence-electron chi connectivity index (χ2n) is 8.50. The van der Waals surface area contributed by atoms with E-state index in [0.717, 1.165) is 48.8 Å². The van der Waals surface area contributed by atoms with Gasteiger partial charge in [-0.1, -0.05) is 32.0 Å². The number of amides is 1. The molecule has 4 rings (SSSR count). The quantitative estimate of drug-likeness (QED) is 0.659. The van der Waals surface area contributed by atoms with Crippen molar-refractivity contribution in [2.45, 2.75) is 26.3 Å². The second kappa shape index (κ2) is 9.35. The third kappa shape index (κ3) is 4.97. The second-order valence-corrected chi connectivity index (χ2v) is 8.50. The number of anilines is 1. The van der Waals surface area contributed by atoms with E-state index in [0.29, 0.717) is 12.5 Å². The maximum atomic E-state index is 12.7. The summed E-state index contributed by atoms with van der Waals surface area (Å²) in [6.07, 6.45) is 2.10. The highest BCUT2D eigenvalue weighted by molar-refractivity contribution is 5.94. The first-order valence-electron chi connectivity index (χ1n) is 11.0. The van der Waals surface area contributed by atoms with Gasteiger partial charge in [0, 0.05) is 55.7 Å². The van der Waals surface area contributed by atoms with Gasteiger partial charge in [0.1, 0.15) is 0 Å². The summed E-state index contributed by atoms with van der Waals surface area (Å²) in [6, 6.07) is 18.0. The van der Waals surface area contributed by atoms with Crippen LogP contribution in [0.2, 0.25) is 0 Å². The van der Waals surface area contributed by atoms with Crippen molar-refractivity contribution in [1.82, 2.24) is 19.6 Å². The minimum Gasteiger partial charge on any atom is -0.381 e. The van der Waals surface area contributed by atoms with Gasteiger partial charge in [-0.15, -0.1) is 0 Å². The average Bonchev–Trinajstić information content (AvgIpc) is 3.23. The van der Waals surface area contributed by atoms with Gasteiger partial charge in [0.2, 0.25) is 0 Å². The number of nitrogens with one attached hydrogen (secondary N) is 1. The van der Waals surface area contributed by atoms with E-state index in [1.807, 2.05) is 52.0 Å². The van der Waals surface area contributed by atoms with Gasteiger partial charge in [0.05, 0.1) is 11.4 Å². The maximum Gasteiger partial charge on any atom is 0.253 e. The lowest BCUT2D eigenvalue weighted by Gasteiger charge is -2.32. The molecule has 1 aliphatic rings. The molecular formula is C25H31N5O. The molecule has 3 aromatic rings. The SMILES string of the molecule is CC(C)c1nn(-c2ccccc2)cc1CNc1ccc(C(=O)N2CCN(C)CC2)cc1. The van der Waals surface area contributed by atoms with Crippen molar-refractivity contribution in [3.8, 4) is 5.69 Å². The highest BCUT2D eigenvalue weighted by atomic mass is 16.2. The van der Waals surface area contributed by atoms with Crippen molar-refractivity contribution >= 4 is 11.6 Å². The lowest BCUT2D eigenvalue weighted by molar-refractivity contribution is 0.0664. The number of benzene rings is 2. The van der Waals surface area contributed by atoms with Crippen LogP contribution in [0.4, 0.5) is 5.69 Å². The normalized spacial score (nSPS) is 14.8. The summed E-state index contributed by atoms with van der Waals surface area (Å²) in [5, 5.41) is 8.30. The van der Waals surface area contributed by atoms with Crippen molar-refractivity contribution in [3.05, 3.63) is 77.6 Å². The zero-order valence-electron chi connectivity index (χ0n) is 18.6. The lowest BCUT2D eigenvalue weighted by atomic mass is 10.1. The molecule has 0 atom stereocenters. The van der Waals surface area contributed by atoms with Gasteiger partial charge in [-0.05, 0) is 49.4 Å². The standard InChI is InChI=1S/C25H31N5O/c1-19(2)24-21(18-30(27-24)23-7-5-4-6-8-23)17-26-22-11-9-20(10-12-22)25(31)29-15-13-28(3)14-16-29/h4-12,18-19,26H,13-17H2,1-3H3. The number of nitrogens with zero attached hydrogens (tertiary/aromatic N) is 4. The molecule has 0 radical (unpaired) electrons. The summed E-state index contributed by atoms with van der Waals surface area (Å²) in [7, 11) is 2.09. The van der Waals surface area contributed by atoms with Crippen LogP contribution >= 0.6 is 0 Å². The molecule has 6 heteroatoms. The zero-order valence-corrected chi connectivity index (χ0v) is 18.6. The Morgan fingerprint density at radius 1 is 1.00 bits per heavy atom. The Kier molecular flexibility index (Phi) is 6.37. The summed E-state index contributed by atoms with van der Waals surface area (Å²) in [5.74, 6) is 0.455. The fourth-order valence-electron chi connectivity index (χ4n) is 3.88. The molecule has 0 spiro atoms. The molecule has 31 heavy (non-hydrogen) atoms. The van der Waals surface area contributed by atoms with Gasteiger partial charge in [-0.2, -0.15) is 5.10 Å². The molecule has 0 aliphatic carbocycles. The van der Waals surface area contributed by atoms with Crippen LogP contribution in [0.5, 0.6) is 0 Å². The molecule has 1 saturated heterocycles. The number of piperazine rings is 1. The van der Waals surface area contributed by atoms with E-state index in [1.54, 1.807) is 0 Å². The highest BCUT2D eigenvalue weighted by Gasteiger charge is 2.20. The van der Waals surface area contributed by atoms with Gasteiger partial charge in [0.25, 0.3) is 5.91 Å². The number of rotatable bonds is 6. The Morgan fingerprint density at radius 3 is 2.32 bits per heavy atom. The Labute approximate surface area is 184 Å². The number of carbonyl (C=O) groups excluding carboxylic acids is 1. The molecule has 1 N–H and O–H groups in total. The number of hydrogen-bond acceptors (Lipinski definition) is 4. The largest absolute Gasteiger partial charge is 0.381 e. The van der Waals surface area contributed by atoms with Crippen LogP contribution in [0, 0.1) is 0 Å². The minimum absolute atomic E-state index is 0.117. The van der Waals surface area contributed by atoms with Crippen LogP contribution in [0.1, 0.15) is 41.4 Å². The molecule has 1 aromatic heterocycles. The van der Waals surface area contributed by atoms with E-state index >= 15 is 0 Å². The van der Waals surface area contributed by atoms with Crippen molar-refractivity contribution in [1.29, 1.82) is 0 Å². The van der Waals surface area contributed by atoms with Gasteiger partial charge >= 0.3 is 0 Å². The number of carbonyl (C=O) groups is 1. The first kappa shape index (κ1) is 21.1. The molecule has 6 nitrogen and oxygen atoms in total. The Balaban J connectivity index is 1.42. The fraction of sp³-hybridized carbons (Fsp3) is 0.360. The summed E-state index contributed by atoms with van der Waals surface area (Å²) < 4.78 is 1.95. The predicted molar refractivity (Wildman–Crippen MR) is 125 cm³/mol. The maximum absolute atomic E-state index is 12.7. The highest BCUT2D eigenvalue weighted by Crippen LogP contribution is 2.21. The molecule has 162 valence electrons. The minimum atomic E-state index is 0.117. The van der Waals surface area contributed by atoms with Crippen LogP contribution in [-0.2, 0) is 6.54 Å². The van der Waals surface area contributed by atoms with Gasteiger partial charge in [-0.3, -0.25) is 4.79 Å². The Hall–Kier alpha value is -3.12. The number of aromatic nitrogens is 2. The van der Waals surface area contributed by atoms with Crippen molar-refractivity contribution in [2.75, 3.05) is 38.5 Å². The van der Waals surface area contributed by atoms with Crippen LogP contribution in [0.15, 0.2) is 60.8 Å². The predicted octanol–water partition coefficient (Wildman–Crippen LogP) is 4.00.